The van der Waals surface area contributed by atoms with E-state index < -0.39 is 0 Å². The van der Waals surface area contributed by atoms with E-state index in [1.54, 1.807) is 7.11 Å². The smallest absolute Gasteiger partial charge is 0.233 e. The van der Waals surface area contributed by atoms with Gasteiger partial charge in [-0.25, -0.2) is 4.99 Å². The Morgan fingerprint density at radius 3 is 2.64 bits per heavy atom. The molecule has 0 spiro atoms. The number of amidine groups is 1. The zero-order valence-corrected chi connectivity index (χ0v) is 16.5. The summed E-state index contributed by atoms with van der Waals surface area (Å²) in [7, 11) is 1.64. The number of carbonyl (C=O) groups is 1. The normalized spacial score (nSPS) is 13.4. The van der Waals surface area contributed by atoms with E-state index in [0.29, 0.717) is 6.54 Å². The third-order valence-corrected chi connectivity index (χ3v) is 5.61. The van der Waals surface area contributed by atoms with Crippen molar-refractivity contribution >= 4 is 45.0 Å². The first-order valence-electron chi connectivity index (χ1n) is 9.09. The Kier molecular flexibility index (Phi) is 5.21. The Labute approximate surface area is 168 Å². The summed E-state index contributed by atoms with van der Waals surface area (Å²) in [4.78, 5) is 17.2. The molecule has 1 heterocycles. The first-order valence-corrected chi connectivity index (χ1v) is 9.97. The van der Waals surface area contributed by atoms with E-state index in [4.69, 9.17) is 9.73 Å². The highest BCUT2D eigenvalue weighted by molar-refractivity contribution is 8.15. The van der Waals surface area contributed by atoms with Gasteiger partial charge in [0.25, 0.3) is 0 Å². The lowest BCUT2D eigenvalue weighted by Gasteiger charge is -2.20. The van der Waals surface area contributed by atoms with Crippen LogP contribution in [0.15, 0.2) is 65.7 Å². The number of methoxy groups -OCH3 is 1. The summed E-state index contributed by atoms with van der Waals surface area (Å²) in [5.41, 5.74) is 2.98. The van der Waals surface area contributed by atoms with Gasteiger partial charge in [0.15, 0.2) is 5.17 Å². The number of thioether (sulfide) groups is 1. The van der Waals surface area contributed by atoms with E-state index in [9.17, 15) is 4.79 Å². The maximum Gasteiger partial charge on any atom is 0.233 e. The third-order valence-electron chi connectivity index (χ3n) is 4.63. The zero-order chi connectivity index (χ0) is 19.5. The molecule has 0 unspecified atom stereocenters. The average Bonchev–Trinajstić information content (AvgIpc) is 2.72. The fourth-order valence-corrected chi connectivity index (χ4v) is 3.97. The number of amides is 1. The van der Waals surface area contributed by atoms with Crippen LogP contribution in [0, 0.1) is 0 Å². The fourth-order valence-electron chi connectivity index (χ4n) is 3.12. The number of nitrogens with one attached hydrogen (secondary N) is 2. The Balaban J connectivity index is 1.40. The van der Waals surface area contributed by atoms with Gasteiger partial charge in [-0.15, -0.1) is 0 Å². The number of rotatable bonds is 5. The van der Waals surface area contributed by atoms with Crippen LogP contribution >= 0.6 is 11.8 Å². The van der Waals surface area contributed by atoms with Crippen LogP contribution in [0.3, 0.4) is 0 Å². The van der Waals surface area contributed by atoms with E-state index >= 15 is 0 Å². The predicted octanol–water partition coefficient (Wildman–Crippen LogP) is 4.70. The molecule has 142 valence electrons. The van der Waals surface area contributed by atoms with E-state index in [1.807, 2.05) is 55.5 Å². The molecule has 2 N–H and O–H groups in total. The lowest BCUT2D eigenvalue weighted by molar-refractivity contribution is -0.120. The first kappa shape index (κ1) is 18.4. The van der Waals surface area contributed by atoms with Crippen LogP contribution in [-0.2, 0) is 11.3 Å². The van der Waals surface area contributed by atoms with Crippen LogP contribution in [0.2, 0.25) is 0 Å². The van der Waals surface area contributed by atoms with Crippen molar-refractivity contribution in [3.63, 3.8) is 0 Å². The topological polar surface area (TPSA) is 62.7 Å². The van der Waals surface area contributed by atoms with E-state index in [-0.39, 0.29) is 11.2 Å². The van der Waals surface area contributed by atoms with Crippen LogP contribution in [-0.4, -0.2) is 23.4 Å². The summed E-state index contributed by atoms with van der Waals surface area (Å²) in [6.07, 6.45) is 0. The average molecular weight is 391 g/mol. The summed E-state index contributed by atoms with van der Waals surface area (Å²) in [5.74, 6) is 0.776. The van der Waals surface area contributed by atoms with Gasteiger partial charge in [-0.05, 0) is 42.1 Å². The lowest BCUT2D eigenvalue weighted by atomic mass is 10.1. The van der Waals surface area contributed by atoms with Crippen LogP contribution < -0.4 is 15.4 Å². The van der Waals surface area contributed by atoms with Gasteiger partial charge < -0.3 is 15.4 Å². The van der Waals surface area contributed by atoms with Crippen molar-refractivity contribution < 1.29 is 9.53 Å². The first-order chi connectivity index (χ1) is 13.6. The minimum Gasteiger partial charge on any atom is -0.497 e. The highest BCUT2D eigenvalue weighted by atomic mass is 32.2. The fraction of sp³-hybridized carbons (Fsp3) is 0.182. The van der Waals surface area contributed by atoms with Gasteiger partial charge in [0.05, 0.1) is 23.7 Å². The number of ether oxygens (including phenoxy) is 1. The number of anilines is 1. The van der Waals surface area contributed by atoms with Crippen LogP contribution in [0.25, 0.3) is 10.8 Å². The summed E-state index contributed by atoms with van der Waals surface area (Å²) in [5, 5.41) is 9.07. The van der Waals surface area contributed by atoms with Crippen LogP contribution in [0.1, 0.15) is 12.5 Å². The molecule has 0 bridgehead atoms. The standard InChI is InChI=1S/C22H21N3O2S/c1-14(21(26)23-13-15-9-11-17(27-2)12-10-15)28-22-24-18-7-3-5-16-6-4-8-19(25-22)20(16)18/h3-12,14H,13H2,1-2H3,(H,23,26)(H,24,25)/t14-/m0/s1. The summed E-state index contributed by atoms with van der Waals surface area (Å²) in [6, 6.07) is 19.9. The predicted molar refractivity (Wildman–Crippen MR) is 117 cm³/mol. The molecule has 1 aliphatic rings. The molecular formula is C22H21N3O2S. The lowest BCUT2D eigenvalue weighted by Crippen LogP contribution is -2.32. The number of aliphatic imine (C=N–C) groups is 1. The van der Waals surface area contributed by atoms with Crippen molar-refractivity contribution in [2.45, 2.75) is 18.7 Å². The van der Waals surface area contributed by atoms with Crippen LogP contribution in [0.5, 0.6) is 5.75 Å². The molecule has 0 radical (unpaired) electrons. The maximum absolute atomic E-state index is 12.5. The highest BCUT2D eigenvalue weighted by Gasteiger charge is 2.20. The van der Waals surface area contributed by atoms with Crippen molar-refractivity contribution in [2.24, 2.45) is 4.99 Å². The minimum atomic E-state index is -0.269. The Morgan fingerprint density at radius 2 is 1.89 bits per heavy atom. The van der Waals surface area contributed by atoms with Gasteiger partial charge in [0.2, 0.25) is 5.91 Å². The molecule has 0 fully saturated rings. The molecule has 4 rings (SSSR count). The van der Waals surface area contributed by atoms with E-state index in [1.165, 1.54) is 11.8 Å². The van der Waals surface area contributed by atoms with Crippen molar-refractivity contribution in [3.05, 3.63) is 66.2 Å². The van der Waals surface area contributed by atoms with Gasteiger partial charge in [-0.2, -0.15) is 0 Å². The largest absolute Gasteiger partial charge is 0.497 e. The molecule has 3 aromatic carbocycles. The van der Waals surface area contributed by atoms with Gasteiger partial charge >= 0.3 is 0 Å². The number of benzene rings is 3. The number of nitrogens with zero attached hydrogens (tertiary/aromatic N) is 1. The molecule has 0 aromatic heterocycles. The molecular weight excluding hydrogens is 370 g/mol. The van der Waals surface area contributed by atoms with E-state index in [2.05, 4.69) is 22.8 Å². The second-order valence-corrected chi connectivity index (χ2v) is 7.88. The number of carbonyl (C=O) groups excluding carboxylic acids is 1. The monoisotopic (exact) mass is 391 g/mol. The van der Waals surface area contributed by atoms with Gasteiger partial charge in [-0.1, -0.05) is 48.2 Å². The quantitative estimate of drug-likeness (QED) is 0.662. The maximum atomic E-state index is 12.5. The molecule has 0 saturated carbocycles. The second kappa shape index (κ2) is 7.94. The Hall–Kier alpha value is -2.99. The molecule has 6 heteroatoms. The number of hydrogen-bond donors (Lipinski definition) is 2. The number of hydrogen-bond acceptors (Lipinski definition) is 5. The molecule has 0 saturated heterocycles. The van der Waals surface area contributed by atoms with Gasteiger partial charge in [-0.3, -0.25) is 4.79 Å². The molecule has 3 aromatic rings. The molecule has 1 atom stereocenters. The highest BCUT2D eigenvalue weighted by Crippen LogP contribution is 2.37. The van der Waals surface area contributed by atoms with Crippen molar-refractivity contribution in [3.8, 4) is 5.75 Å². The zero-order valence-electron chi connectivity index (χ0n) is 15.7. The van der Waals surface area contributed by atoms with Crippen molar-refractivity contribution in [1.82, 2.24) is 5.32 Å². The van der Waals surface area contributed by atoms with Crippen molar-refractivity contribution in [1.29, 1.82) is 0 Å². The molecule has 28 heavy (non-hydrogen) atoms. The second-order valence-electron chi connectivity index (χ2n) is 6.55. The third kappa shape index (κ3) is 3.82. The van der Waals surface area contributed by atoms with Gasteiger partial charge in [0, 0.05) is 11.9 Å². The summed E-state index contributed by atoms with van der Waals surface area (Å²) >= 11 is 1.42. The minimum absolute atomic E-state index is 0.0256. The molecule has 0 aliphatic carbocycles. The van der Waals surface area contributed by atoms with Crippen LogP contribution in [0.4, 0.5) is 11.4 Å². The molecule has 5 nitrogen and oxygen atoms in total. The Morgan fingerprint density at radius 1 is 1.14 bits per heavy atom. The van der Waals surface area contributed by atoms with Gasteiger partial charge in [0.1, 0.15) is 5.75 Å². The molecule has 1 amide bonds. The summed E-state index contributed by atoms with van der Waals surface area (Å²) < 4.78 is 5.15. The van der Waals surface area contributed by atoms with Crippen molar-refractivity contribution in [2.75, 3.05) is 12.4 Å². The summed E-state index contributed by atoms with van der Waals surface area (Å²) in [6.45, 7) is 2.37. The molecule has 1 aliphatic heterocycles. The Bertz CT molecular complexity index is 1040. The van der Waals surface area contributed by atoms with E-state index in [0.717, 1.165) is 38.6 Å². The SMILES string of the molecule is COc1ccc(CNC(=O)[C@H](C)SC2=Nc3cccc4cccc(c34)N2)cc1.